The lowest BCUT2D eigenvalue weighted by Crippen LogP contribution is -2.24. The van der Waals surface area contributed by atoms with Crippen molar-refractivity contribution in [3.63, 3.8) is 0 Å². The van der Waals surface area contributed by atoms with Crippen LogP contribution in [0.4, 0.5) is 0 Å². The summed E-state index contributed by atoms with van der Waals surface area (Å²) in [6.07, 6.45) is 2.55. The fourth-order valence-corrected chi connectivity index (χ4v) is 2.79. The van der Waals surface area contributed by atoms with Gasteiger partial charge in [0.1, 0.15) is 0 Å². The molecule has 0 amide bonds. The van der Waals surface area contributed by atoms with Gasteiger partial charge in [0.15, 0.2) is 5.78 Å². The van der Waals surface area contributed by atoms with E-state index in [1.54, 1.807) is 7.11 Å². The average molecular weight is 267 g/mol. The number of Topliss-reactive ketones (excluding diaryl/α,β-unsaturated/α-hetero) is 1. The molecule has 0 bridgehead atoms. The number of fused-ring (bicyclic) bond motifs is 1. The number of pyridine rings is 1. The minimum atomic E-state index is 0.0320. The number of aromatic nitrogens is 1. The number of carbonyl (C=O) groups is 1. The Morgan fingerprint density at radius 2 is 2.05 bits per heavy atom. The number of benzene rings is 1. The van der Waals surface area contributed by atoms with E-state index in [0.717, 1.165) is 24.1 Å². The Balaban J connectivity index is 1.81. The fourth-order valence-electron chi connectivity index (χ4n) is 2.79. The first kappa shape index (κ1) is 12.9. The summed E-state index contributed by atoms with van der Waals surface area (Å²) in [5.74, 6) is 0.882. The van der Waals surface area contributed by atoms with Crippen LogP contribution in [0.1, 0.15) is 28.0 Å². The molecule has 1 unspecified atom stereocenters. The highest BCUT2D eigenvalue weighted by Crippen LogP contribution is 2.27. The van der Waals surface area contributed by atoms with Crippen LogP contribution < -0.4 is 4.74 Å². The molecule has 0 saturated carbocycles. The van der Waals surface area contributed by atoms with Crippen LogP contribution in [-0.4, -0.2) is 17.9 Å². The van der Waals surface area contributed by atoms with Gasteiger partial charge in [0, 0.05) is 23.2 Å². The zero-order valence-corrected chi connectivity index (χ0v) is 11.5. The van der Waals surface area contributed by atoms with Crippen molar-refractivity contribution in [1.29, 1.82) is 0 Å². The molecule has 3 nitrogen and oxygen atoms in total. The van der Waals surface area contributed by atoms with Gasteiger partial charge in [0.25, 0.3) is 0 Å². The minimum absolute atomic E-state index is 0.0320. The molecule has 2 aromatic rings. The number of hydrogen-bond donors (Lipinski definition) is 0. The van der Waals surface area contributed by atoms with Gasteiger partial charge in [-0.1, -0.05) is 30.3 Å². The van der Waals surface area contributed by atoms with Crippen molar-refractivity contribution in [2.45, 2.75) is 19.3 Å². The number of nitrogens with zero attached hydrogens (tertiary/aromatic N) is 1. The molecule has 0 fully saturated rings. The monoisotopic (exact) mass is 267 g/mol. The molecule has 1 aliphatic rings. The molecule has 0 aliphatic heterocycles. The van der Waals surface area contributed by atoms with E-state index < -0.39 is 0 Å². The number of aryl methyl sites for hydroxylation is 1. The maximum atomic E-state index is 12.5. The highest BCUT2D eigenvalue weighted by molar-refractivity contribution is 6.00. The van der Waals surface area contributed by atoms with Crippen LogP contribution in [0.2, 0.25) is 0 Å². The third kappa shape index (κ3) is 2.44. The van der Waals surface area contributed by atoms with Gasteiger partial charge in [-0.3, -0.25) is 4.79 Å². The summed E-state index contributed by atoms with van der Waals surface area (Å²) in [6.45, 7) is 0. The molecular formula is C17H17NO2. The van der Waals surface area contributed by atoms with Crippen LogP contribution in [-0.2, 0) is 12.8 Å². The summed E-state index contributed by atoms with van der Waals surface area (Å²) in [5.41, 5.74) is 2.97. The molecule has 1 aliphatic carbocycles. The van der Waals surface area contributed by atoms with E-state index in [4.69, 9.17) is 4.74 Å². The molecule has 0 saturated heterocycles. The predicted octanol–water partition coefficient (Wildman–Crippen LogP) is 3.08. The number of methoxy groups -OCH3 is 1. The molecule has 20 heavy (non-hydrogen) atoms. The smallest absolute Gasteiger partial charge is 0.213 e. The van der Waals surface area contributed by atoms with Crippen molar-refractivity contribution in [2.75, 3.05) is 7.11 Å². The first-order chi connectivity index (χ1) is 9.78. The van der Waals surface area contributed by atoms with E-state index in [2.05, 4.69) is 4.98 Å². The molecular weight excluding hydrogens is 250 g/mol. The van der Waals surface area contributed by atoms with Crippen molar-refractivity contribution in [1.82, 2.24) is 4.98 Å². The molecule has 0 spiro atoms. The van der Waals surface area contributed by atoms with E-state index >= 15 is 0 Å². The zero-order valence-electron chi connectivity index (χ0n) is 11.5. The van der Waals surface area contributed by atoms with Crippen LogP contribution >= 0.6 is 0 Å². The van der Waals surface area contributed by atoms with Crippen LogP contribution in [0.5, 0.6) is 5.88 Å². The lowest BCUT2D eigenvalue weighted by molar-refractivity contribution is 0.0900. The van der Waals surface area contributed by atoms with Crippen molar-refractivity contribution < 1.29 is 9.53 Å². The maximum absolute atomic E-state index is 12.5. The second-order valence-corrected chi connectivity index (χ2v) is 5.13. The summed E-state index contributed by atoms with van der Waals surface area (Å²) in [6, 6.07) is 13.6. The van der Waals surface area contributed by atoms with E-state index in [9.17, 15) is 4.79 Å². The van der Waals surface area contributed by atoms with Gasteiger partial charge in [0.05, 0.1) is 7.11 Å². The van der Waals surface area contributed by atoms with Gasteiger partial charge in [-0.2, -0.15) is 0 Å². The molecule has 102 valence electrons. The zero-order chi connectivity index (χ0) is 13.9. The summed E-state index contributed by atoms with van der Waals surface area (Å²) in [5, 5.41) is 0. The highest BCUT2D eigenvalue weighted by atomic mass is 16.5. The number of ether oxygens (including phenoxy) is 1. The molecule has 3 heteroatoms. The largest absolute Gasteiger partial charge is 0.481 e. The minimum Gasteiger partial charge on any atom is -0.481 e. The van der Waals surface area contributed by atoms with E-state index in [0.29, 0.717) is 12.3 Å². The Morgan fingerprint density at radius 3 is 2.90 bits per heavy atom. The summed E-state index contributed by atoms with van der Waals surface area (Å²) in [4.78, 5) is 16.9. The van der Waals surface area contributed by atoms with Crippen LogP contribution in [0.15, 0.2) is 42.5 Å². The van der Waals surface area contributed by atoms with E-state index in [-0.39, 0.29) is 11.7 Å². The third-order valence-electron chi connectivity index (χ3n) is 3.86. The van der Waals surface area contributed by atoms with Crippen LogP contribution in [0.3, 0.4) is 0 Å². The SMILES string of the molecule is COc1cccc(CC2CCc3ccccc3C2=O)n1. The number of ketones is 1. The first-order valence-electron chi connectivity index (χ1n) is 6.90. The van der Waals surface area contributed by atoms with Crippen LogP contribution in [0.25, 0.3) is 0 Å². The van der Waals surface area contributed by atoms with E-state index in [1.807, 2.05) is 42.5 Å². The molecule has 1 aromatic heterocycles. The van der Waals surface area contributed by atoms with E-state index in [1.165, 1.54) is 5.56 Å². The normalized spacial score (nSPS) is 17.6. The van der Waals surface area contributed by atoms with Gasteiger partial charge >= 0.3 is 0 Å². The quantitative estimate of drug-likeness (QED) is 0.858. The number of hydrogen-bond acceptors (Lipinski definition) is 3. The Kier molecular flexibility index (Phi) is 3.50. The number of rotatable bonds is 3. The molecule has 0 radical (unpaired) electrons. The van der Waals surface area contributed by atoms with Gasteiger partial charge in [-0.15, -0.1) is 0 Å². The summed E-state index contributed by atoms with van der Waals surface area (Å²) >= 11 is 0. The first-order valence-corrected chi connectivity index (χ1v) is 6.90. The fraction of sp³-hybridized carbons (Fsp3) is 0.294. The Bertz CT molecular complexity index is 636. The molecule has 0 N–H and O–H groups in total. The predicted molar refractivity (Wildman–Crippen MR) is 77.1 cm³/mol. The molecule has 1 atom stereocenters. The van der Waals surface area contributed by atoms with Gasteiger partial charge in [0.2, 0.25) is 5.88 Å². The third-order valence-corrected chi connectivity index (χ3v) is 3.86. The average Bonchev–Trinajstić information content (AvgIpc) is 2.50. The maximum Gasteiger partial charge on any atom is 0.213 e. The van der Waals surface area contributed by atoms with Gasteiger partial charge in [-0.25, -0.2) is 4.98 Å². The molecule has 1 aromatic carbocycles. The van der Waals surface area contributed by atoms with Crippen molar-refractivity contribution in [3.05, 3.63) is 59.3 Å². The molecule has 1 heterocycles. The lowest BCUT2D eigenvalue weighted by atomic mass is 9.80. The van der Waals surface area contributed by atoms with Crippen LogP contribution in [0, 0.1) is 5.92 Å². The summed E-state index contributed by atoms with van der Waals surface area (Å²) in [7, 11) is 1.61. The van der Waals surface area contributed by atoms with Crippen molar-refractivity contribution in [2.24, 2.45) is 5.92 Å². The second kappa shape index (κ2) is 5.45. The van der Waals surface area contributed by atoms with Crippen molar-refractivity contribution >= 4 is 5.78 Å². The van der Waals surface area contributed by atoms with Crippen molar-refractivity contribution in [3.8, 4) is 5.88 Å². The Hall–Kier alpha value is -2.16. The topological polar surface area (TPSA) is 39.2 Å². The Morgan fingerprint density at radius 1 is 1.20 bits per heavy atom. The van der Waals surface area contributed by atoms with Gasteiger partial charge in [-0.05, 0) is 30.9 Å². The highest BCUT2D eigenvalue weighted by Gasteiger charge is 2.27. The standard InChI is InChI=1S/C17H17NO2/c1-20-16-8-4-6-14(18-16)11-13-10-9-12-5-2-3-7-15(12)17(13)19/h2-8,13H,9-11H2,1H3. The van der Waals surface area contributed by atoms with Gasteiger partial charge < -0.3 is 4.74 Å². The lowest BCUT2D eigenvalue weighted by Gasteiger charge is -2.23. The second-order valence-electron chi connectivity index (χ2n) is 5.13. The summed E-state index contributed by atoms with van der Waals surface area (Å²) < 4.78 is 5.13. The Labute approximate surface area is 118 Å². The molecule has 3 rings (SSSR count). The number of carbonyl (C=O) groups excluding carboxylic acids is 1.